The summed E-state index contributed by atoms with van der Waals surface area (Å²) in [6.07, 6.45) is 0.407. The molecule has 1 heterocycles. The van der Waals surface area contributed by atoms with Crippen molar-refractivity contribution in [1.82, 2.24) is 15.1 Å². The summed E-state index contributed by atoms with van der Waals surface area (Å²) in [5.41, 5.74) is 0.489. The van der Waals surface area contributed by atoms with Crippen LogP contribution >= 0.6 is 0 Å². The first-order chi connectivity index (χ1) is 12.9. The van der Waals surface area contributed by atoms with E-state index in [9.17, 15) is 9.59 Å². The van der Waals surface area contributed by atoms with Crippen LogP contribution in [0.15, 0.2) is 24.3 Å². The molecule has 0 saturated carbocycles. The molecule has 1 aliphatic rings. The van der Waals surface area contributed by atoms with E-state index in [1.54, 1.807) is 31.4 Å². The summed E-state index contributed by atoms with van der Waals surface area (Å²) in [7, 11) is 1.57. The second kappa shape index (κ2) is 9.85. The molecule has 0 spiro atoms. The highest BCUT2D eigenvalue weighted by molar-refractivity contribution is 5.98. The number of hydrogen-bond acceptors (Lipinski definition) is 5. The topological polar surface area (TPSA) is 61.9 Å². The summed E-state index contributed by atoms with van der Waals surface area (Å²) in [6, 6.07) is 7.04. The van der Waals surface area contributed by atoms with Crippen LogP contribution in [0, 0.1) is 0 Å². The molecular formula is C21H33N3O3. The maximum Gasteiger partial charge on any atom is 0.220 e. The third-order valence-corrected chi connectivity index (χ3v) is 5.36. The van der Waals surface area contributed by atoms with Crippen molar-refractivity contribution in [3.63, 3.8) is 0 Å². The molecule has 0 aromatic heterocycles. The molecule has 0 bridgehead atoms. The summed E-state index contributed by atoms with van der Waals surface area (Å²) in [5.74, 6) is 0.528. The number of rotatable bonds is 9. The van der Waals surface area contributed by atoms with Crippen LogP contribution in [0.2, 0.25) is 0 Å². The van der Waals surface area contributed by atoms with Crippen LogP contribution in [0.1, 0.15) is 44.0 Å². The molecule has 0 aliphatic carbocycles. The predicted octanol–water partition coefficient (Wildman–Crippen LogP) is 2.19. The van der Waals surface area contributed by atoms with E-state index >= 15 is 0 Å². The van der Waals surface area contributed by atoms with E-state index in [2.05, 4.69) is 35.9 Å². The van der Waals surface area contributed by atoms with Gasteiger partial charge in [0.25, 0.3) is 0 Å². The highest BCUT2D eigenvalue weighted by atomic mass is 16.5. The van der Waals surface area contributed by atoms with Gasteiger partial charge in [-0.3, -0.25) is 14.5 Å². The highest BCUT2D eigenvalue weighted by Gasteiger charge is 2.29. The van der Waals surface area contributed by atoms with E-state index in [1.807, 2.05) is 0 Å². The van der Waals surface area contributed by atoms with Crippen LogP contribution in [0.25, 0.3) is 0 Å². The lowest BCUT2D eigenvalue weighted by Gasteiger charge is -2.44. The molecule has 1 aromatic rings. The lowest BCUT2D eigenvalue weighted by Crippen LogP contribution is -2.58. The smallest absolute Gasteiger partial charge is 0.220 e. The first-order valence-electron chi connectivity index (χ1n) is 9.77. The lowest BCUT2D eigenvalue weighted by molar-refractivity contribution is -0.121. The van der Waals surface area contributed by atoms with Crippen molar-refractivity contribution in [2.24, 2.45) is 0 Å². The first kappa shape index (κ1) is 21.4. The minimum Gasteiger partial charge on any atom is -0.497 e. The number of piperazine rings is 1. The Hall–Kier alpha value is -1.92. The molecule has 0 atom stereocenters. The van der Waals surface area contributed by atoms with Gasteiger partial charge in [-0.15, -0.1) is 0 Å². The predicted molar refractivity (Wildman–Crippen MR) is 107 cm³/mol. The second-order valence-electron chi connectivity index (χ2n) is 7.67. The Balaban J connectivity index is 1.75. The van der Waals surface area contributed by atoms with Gasteiger partial charge in [-0.1, -0.05) is 19.1 Å². The minimum absolute atomic E-state index is 0.0426. The highest BCUT2D eigenvalue weighted by Crippen LogP contribution is 2.17. The van der Waals surface area contributed by atoms with Gasteiger partial charge in [-0.05, 0) is 32.5 Å². The standard InChI is InChI=1S/C21H33N3O3/c1-5-23-11-13-24(14-12-23)21(2,3)16-22-20(26)10-9-19(25)17-7-6-8-18(15-17)27-4/h6-8,15H,5,9-14,16H2,1-4H3,(H,22,26). The Labute approximate surface area is 162 Å². The molecular weight excluding hydrogens is 342 g/mol. The quantitative estimate of drug-likeness (QED) is 0.671. The van der Waals surface area contributed by atoms with Crippen molar-refractivity contribution >= 4 is 11.7 Å². The van der Waals surface area contributed by atoms with E-state index in [-0.39, 0.29) is 30.1 Å². The van der Waals surface area contributed by atoms with Crippen molar-refractivity contribution in [1.29, 1.82) is 0 Å². The first-order valence-corrected chi connectivity index (χ1v) is 9.77. The fourth-order valence-electron chi connectivity index (χ4n) is 3.35. The van der Waals surface area contributed by atoms with Gasteiger partial charge in [0.2, 0.25) is 5.91 Å². The number of nitrogens with zero attached hydrogens (tertiary/aromatic N) is 2. The monoisotopic (exact) mass is 375 g/mol. The zero-order valence-electron chi connectivity index (χ0n) is 17.1. The Morgan fingerprint density at radius 1 is 1.15 bits per heavy atom. The Bertz CT molecular complexity index is 637. The van der Waals surface area contributed by atoms with Crippen molar-refractivity contribution < 1.29 is 14.3 Å². The van der Waals surface area contributed by atoms with Gasteiger partial charge in [0, 0.05) is 56.7 Å². The number of hydrogen-bond donors (Lipinski definition) is 1. The van der Waals surface area contributed by atoms with Crippen LogP contribution < -0.4 is 10.1 Å². The van der Waals surface area contributed by atoms with E-state index in [0.717, 1.165) is 32.7 Å². The molecule has 2 rings (SSSR count). The molecule has 6 nitrogen and oxygen atoms in total. The average molecular weight is 376 g/mol. The van der Waals surface area contributed by atoms with Gasteiger partial charge >= 0.3 is 0 Å². The van der Waals surface area contributed by atoms with Crippen LogP contribution in [-0.2, 0) is 4.79 Å². The van der Waals surface area contributed by atoms with E-state index in [0.29, 0.717) is 17.9 Å². The number of nitrogens with one attached hydrogen (secondary N) is 1. The summed E-state index contributed by atoms with van der Waals surface area (Å²) in [5, 5.41) is 3.00. The normalized spacial score (nSPS) is 16.1. The third-order valence-electron chi connectivity index (χ3n) is 5.36. The molecule has 150 valence electrons. The number of methoxy groups -OCH3 is 1. The van der Waals surface area contributed by atoms with Gasteiger partial charge in [0.1, 0.15) is 5.75 Å². The maximum atomic E-state index is 12.3. The fraction of sp³-hybridized carbons (Fsp3) is 0.619. The lowest BCUT2D eigenvalue weighted by atomic mass is 10.0. The molecule has 1 aliphatic heterocycles. The zero-order valence-corrected chi connectivity index (χ0v) is 17.1. The Morgan fingerprint density at radius 3 is 2.48 bits per heavy atom. The summed E-state index contributed by atoms with van der Waals surface area (Å²) < 4.78 is 5.14. The van der Waals surface area contributed by atoms with Crippen LogP contribution in [0.3, 0.4) is 0 Å². The molecule has 1 amide bonds. The molecule has 1 saturated heterocycles. The van der Waals surface area contributed by atoms with Crippen LogP contribution in [0.4, 0.5) is 0 Å². The summed E-state index contributed by atoms with van der Waals surface area (Å²) >= 11 is 0. The summed E-state index contributed by atoms with van der Waals surface area (Å²) in [6.45, 7) is 12.4. The van der Waals surface area contributed by atoms with Gasteiger partial charge in [-0.25, -0.2) is 0 Å². The van der Waals surface area contributed by atoms with Crippen molar-refractivity contribution in [2.45, 2.75) is 39.2 Å². The fourth-order valence-corrected chi connectivity index (χ4v) is 3.35. The van der Waals surface area contributed by atoms with Crippen molar-refractivity contribution in [2.75, 3.05) is 46.4 Å². The number of Topliss-reactive ketones (excluding diaryl/α,β-unsaturated/α-hetero) is 1. The largest absolute Gasteiger partial charge is 0.497 e. The van der Waals surface area contributed by atoms with Crippen molar-refractivity contribution in [3.8, 4) is 5.75 Å². The summed E-state index contributed by atoms with van der Waals surface area (Å²) in [4.78, 5) is 29.4. The molecule has 6 heteroatoms. The van der Waals surface area contributed by atoms with Gasteiger partial charge < -0.3 is 15.0 Å². The van der Waals surface area contributed by atoms with Crippen LogP contribution in [0.5, 0.6) is 5.75 Å². The second-order valence-corrected chi connectivity index (χ2v) is 7.67. The molecule has 1 fully saturated rings. The van der Waals surface area contributed by atoms with Crippen molar-refractivity contribution in [3.05, 3.63) is 29.8 Å². The minimum atomic E-state index is -0.0910. The number of ketones is 1. The number of carbonyl (C=O) groups excluding carboxylic acids is 2. The van der Waals surface area contributed by atoms with E-state index in [1.165, 1.54) is 0 Å². The van der Waals surface area contributed by atoms with E-state index in [4.69, 9.17) is 4.74 Å². The number of carbonyl (C=O) groups is 2. The SMILES string of the molecule is CCN1CCN(C(C)(C)CNC(=O)CCC(=O)c2cccc(OC)c2)CC1. The molecule has 1 aromatic carbocycles. The molecule has 27 heavy (non-hydrogen) atoms. The van der Waals surface area contributed by atoms with E-state index < -0.39 is 0 Å². The van der Waals surface area contributed by atoms with Gasteiger partial charge in [0.15, 0.2) is 5.78 Å². The average Bonchev–Trinajstić information content (AvgIpc) is 2.70. The molecule has 1 N–H and O–H groups in total. The third kappa shape index (κ3) is 6.33. The number of ether oxygens (including phenoxy) is 1. The molecule has 0 unspecified atom stereocenters. The van der Waals surface area contributed by atoms with Gasteiger partial charge in [-0.2, -0.15) is 0 Å². The number of likely N-dealkylation sites (N-methyl/N-ethyl adjacent to an activating group) is 1. The number of benzene rings is 1. The zero-order chi connectivity index (χ0) is 19.9. The Kier molecular flexibility index (Phi) is 7.80. The van der Waals surface area contributed by atoms with Crippen LogP contribution in [-0.4, -0.2) is 73.4 Å². The number of amides is 1. The van der Waals surface area contributed by atoms with Gasteiger partial charge in [0.05, 0.1) is 7.11 Å². The maximum absolute atomic E-state index is 12.3. The Morgan fingerprint density at radius 2 is 1.85 bits per heavy atom. The molecule has 0 radical (unpaired) electrons.